The van der Waals surface area contributed by atoms with Crippen LogP contribution in [-0.2, 0) is 27.4 Å². The number of hydrogen-bond donors (Lipinski definition) is 0. The zero-order valence-corrected chi connectivity index (χ0v) is 27.5. The van der Waals surface area contributed by atoms with Gasteiger partial charge in [0.2, 0.25) is 0 Å². The summed E-state index contributed by atoms with van der Waals surface area (Å²) in [5.74, 6) is 1.23. The molecule has 7 heteroatoms. The van der Waals surface area contributed by atoms with Gasteiger partial charge in [-0.15, -0.1) is 0 Å². The number of aromatic nitrogens is 1. The number of nitrogens with zero attached hydrogens (tertiary/aromatic N) is 1. The molecule has 230 valence electrons. The average Bonchev–Trinajstić information content (AvgIpc) is 3.52. The maximum atomic E-state index is 13.5. The highest BCUT2D eigenvalue weighted by Crippen LogP contribution is 2.61. The molecule has 2 heterocycles. The van der Waals surface area contributed by atoms with Crippen LogP contribution in [0.1, 0.15) is 143 Å². The zero-order chi connectivity index (χ0) is 30.2. The molecular formula is C35H48F3NO2Si. The summed E-state index contributed by atoms with van der Waals surface area (Å²) in [5.41, 5.74) is 5.68. The number of benzene rings is 1. The summed E-state index contributed by atoms with van der Waals surface area (Å²) in [4.78, 5) is 5.48. The fourth-order valence-corrected chi connectivity index (χ4v) is 9.35. The van der Waals surface area contributed by atoms with Gasteiger partial charge in [-0.25, -0.2) is 0 Å². The minimum atomic E-state index is -4.37. The van der Waals surface area contributed by atoms with Crippen LogP contribution in [0, 0.1) is 11.8 Å². The second-order valence-corrected chi connectivity index (χ2v) is 20.1. The maximum Gasteiger partial charge on any atom is 0.416 e. The van der Waals surface area contributed by atoms with Crippen LogP contribution in [0.3, 0.4) is 0 Å². The molecule has 42 heavy (non-hydrogen) atoms. The van der Waals surface area contributed by atoms with Crippen LogP contribution in [0.15, 0.2) is 24.3 Å². The van der Waals surface area contributed by atoms with E-state index in [-0.39, 0.29) is 17.1 Å². The van der Waals surface area contributed by atoms with Crippen molar-refractivity contribution in [2.75, 3.05) is 0 Å². The van der Waals surface area contributed by atoms with Crippen molar-refractivity contribution in [1.82, 2.24) is 4.98 Å². The van der Waals surface area contributed by atoms with Gasteiger partial charge in [0, 0.05) is 22.5 Å². The summed E-state index contributed by atoms with van der Waals surface area (Å²) < 4.78 is 55.1. The van der Waals surface area contributed by atoms with Gasteiger partial charge >= 0.3 is 6.18 Å². The van der Waals surface area contributed by atoms with E-state index in [2.05, 4.69) is 47.7 Å². The largest absolute Gasteiger partial charge is 0.416 e. The Labute approximate surface area is 251 Å². The molecular weight excluding hydrogens is 551 g/mol. The first-order valence-corrected chi connectivity index (χ1v) is 19.1. The molecule has 0 saturated heterocycles. The normalized spacial score (nSPS) is 27.3. The Kier molecular flexibility index (Phi) is 7.54. The van der Waals surface area contributed by atoms with Crippen molar-refractivity contribution in [1.29, 1.82) is 0 Å². The van der Waals surface area contributed by atoms with E-state index >= 15 is 0 Å². The van der Waals surface area contributed by atoms with Crippen molar-refractivity contribution in [2.45, 2.75) is 140 Å². The highest BCUT2D eigenvalue weighted by atomic mass is 28.4. The van der Waals surface area contributed by atoms with Crippen molar-refractivity contribution in [2.24, 2.45) is 11.8 Å². The van der Waals surface area contributed by atoms with Gasteiger partial charge in [-0.3, -0.25) is 4.98 Å². The Morgan fingerprint density at radius 3 is 2.19 bits per heavy atom. The van der Waals surface area contributed by atoms with Gasteiger partial charge in [0.25, 0.3) is 0 Å². The number of pyridine rings is 1. The van der Waals surface area contributed by atoms with Crippen molar-refractivity contribution in [3.8, 4) is 0 Å². The van der Waals surface area contributed by atoms with Crippen molar-refractivity contribution in [3.05, 3.63) is 63.5 Å². The summed E-state index contributed by atoms with van der Waals surface area (Å²) in [6, 6.07) is 5.65. The van der Waals surface area contributed by atoms with Crippen molar-refractivity contribution in [3.63, 3.8) is 0 Å². The average molecular weight is 600 g/mol. The first-order chi connectivity index (χ1) is 19.6. The lowest BCUT2D eigenvalue weighted by atomic mass is 9.66. The van der Waals surface area contributed by atoms with E-state index in [1.54, 1.807) is 12.1 Å². The summed E-state index contributed by atoms with van der Waals surface area (Å²) in [5, 5.41) is 0.0769. The minimum Gasteiger partial charge on any atom is -0.410 e. The van der Waals surface area contributed by atoms with Gasteiger partial charge in [0.05, 0.1) is 17.3 Å². The predicted octanol–water partition coefficient (Wildman–Crippen LogP) is 10.5. The van der Waals surface area contributed by atoms with Crippen molar-refractivity contribution < 1.29 is 22.3 Å². The van der Waals surface area contributed by atoms with Crippen LogP contribution in [0.5, 0.6) is 0 Å². The first kappa shape index (κ1) is 30.3. The second kappa shape index (κ2) is 10.4. The van der Waals surface area contributed by atoms with Crippen LogP contribution in [0.4, 0.5) is 13.2 Å². The topological polar surface area (TPSA) is 31.4 Å². The Morgan fingerprint density at radius 1 is 0.952 bits per heavy atom. The fourth-order valence-electron chi connectivity index (χ4n) is 8.07. The monoisotopic (exact) mass is 599 g/mol. The Balaban J connectivity index is 1.58. The smallest absolute Gasteiger partial charge is 0.410 e. The van der Waals surface area contributed by atoms with Gasteiger partial charge < -0.3 is 9.16 Å². The highest BCUT2D eigenvalue weighted by Gasteiger charge is 2.55. The molecule has 4 aliphatic rings. The summed E-state index contributed by atoms with van der Waals surface area (Å²) in [6.07, 6.45) is 5.17. The summed E-state index contributed by atoms with van der Waals surface area (Å²) in [6.45, 7) is 16.0. The lowest BCUT2D eigenvalue weighted by Gasteiger charge is -2.48. The van der Waals surface area contributed by atoms with Gasteiger partial charge in [0.15, 0.2) is 8.32 Å². The van der Waals surface area contributed by atoms with E-state index in [9.17, 15) is 13.2 Å². The third-order valence-electron chi connectivity index (χ3n) is 11.3. The van der Waals surface area contributed by atoms with Crippen molar-refractivity contribution >= 4 is 8.32 Å². The molecule has 0 bridgehead atoms. The van der Waals surface area contributed by atoms with Crippen LogP contribution in [-0.4, -0.2) is 13.3 Å². The van der Waals surface area contributed by atoms with Gasteiger partial charge in [-0.2, -0.15) is 13.2 Å². The van der Waals surface area contributed by atoms with Crippen LogP contribution in [0.2, 0.25) is 18.1 Å². The molecule has 2 aromatic rings. The predicted molar refractivity (Wildman–Crippen MR) is 163 cm³/mol. The number of ether oxygens (including phenoxy) is 1. The SMILES string of the molecule is CC(C)c1nc2c(c3c1[C@@H](c1ccc(C(F)(F)F)cc1)OC31CCCC1)[C@@H](O[Si](C)(C)C(C)(C)C)C1CCCCC1C2. The molecule has 1 aliphatic heterocycles. The van der Waals surface area contributed by atoms with Crippen LogP contribution >= 0.6 is 0 Å². The number of rotatable bonds is 4. The summed E-state index contributed by atoms with van der Waals surface area (Å²) in [7, 11) is -2.14. The second-order valence-electron chi connectivity index (χ2n) is 15.3. The van der Waals surface area contributed by atoms with E-state index < -0.39 is 31.8 Å². The number of alkyl halides is 3. The molecule has 1 spiro atoms. The van der Waals surface area contributed by atoms with Crippen LogP contribution < -0.4 is 0 Å². The van der Waals surface area contributed by atoms with E-state index in [0.717, 1.165) is 48.9 Å². The molecule has 3 nitrogen and oxygen atoms in total. The molecule has 1 aromatic carbocycles. The maximum absolute atomic E-state index is 13.5. The molecule has 0 amide bonds. The molecule has 2 saturated carbocycles. The molecule has 2 fully saturated rings. The lowest BCUT2D eigenvalue weighted by molar-refractivity contribution is -0.137. The van der Waals surface area contributed by atoms with E-state index in [0.29, 0.717) is 11.8 Å². The number of halogens is 3. The molecule has 3 aliphatic carbocycles. The van der Waals surface area contributed by atoms with E-state index in [1.807, 2.05) is 0 Å². The quantitative estimate of drug-likeness (QED) is 0.328. The van der Waals surface area contributed by atoms with Crippen LogP contribution in [0.25, 0.3) is 0 Å². The van der Waals surface area contributed by atoms with E-state index in [4.69, 9.17) is 14.1 Å². The standard InChI is InChI=1S/C35H48F3NO2Si/c1-21(2)30-28-29(34(18-10-11-19-34)40-31(28)22-14-16-24(17-15-22)35(36,37)38)27-26(39-30)20-23-12-8-9-13-25(23)32(27)41-42(6,7)33(3,4)5/h14-17,21,23,25,31-32H,8-13,18-20H2,1-7H3/t23?,25?,31-,32+/m1/s1. The number of hydrogen-bond acceptors (Lipinski definition) is 3. The lowest BCUT2D eigenvalue weighted by Crippen LogP contribution is -2.46. The molecule has 0 N–H and O–H groups in total. The Bertz CT molecular complexity index is 1320. The van der Waals surface area contributed by atoms with Gasteiger partial charge in [-0.1, -0.05) is 72.4 Å². The highest BCUT2D eigenvalue weighted by molar-refractivity contribution is 6.74. The molecule has 1 aromatic heterocycles. The molecule has 6 rings (SSSR count). The summed E-state index contributed by atoms with van der Waals surface area (Å²) >= 11 is 0. The Hall–Kier alpha value is -1.70. The first-order valence-electron chi connectivity index (χ1n) is 16.2. The Morgan fingerprint density at radius 2 is 1.60 bits per heavy atom. The molecule has 2 unspecified atom stereocenters. The zero-order valence-electron chi connectivity index (χ0n) is 26.5. The third-order valence-corrected chi connectivity index (χ3v) is 15.7. The fraction of sp³-hybridized carbons (Fsp3) is 0.686. The molecule has 4 atom stereocenters. The number of fused-ring (bicyclic) bond motifs is 5. The van der Waals surface area contributed by atoms with Gasteiger partial charge in [0.1, 0.15) is 6.10 Å². The third kappa shape index (κ3) is 4.99. The van der Waals surface area contributed by atoms with Gasteiger partial charge in [-0.05, 0) is 91.2 Å². The molecule has 0 radical (unpaired) electrons. The van der Waals surface area contributed by atoms with E-state index in [1.165, 1.54) is 54.6 Å². The minimum absolute atomic E-state index is 0.00478.